The number of halogens is 1. The van der Waals surface area contributed by atoms with Crippen LogP contribution in [0.25, 0.3) is 16.8 Å². The van der Waals surface area contributed by atoms with Crippen molar-refractivity contribution in [3.63, 3.8) is 0 Å². The SMILES string of the molecule is CCCC1=NN2C(=N)/C(=C/c3cc(I)c(OCc4cccc5ccccc45)c(OC)c3)C(=O)N=C2S1. The number of hydrogen-bond acceptors (Lipinski definition) is 6. The standard InChI is InChI=1S/C27H23IN4O3S/c1-3-7-23-31-32-25(29)20(26(33)30-27(32)36-23)12-16-13-21(28)24(22(14-16)34-2)35-15-18-10-6-9-17-8-4-5-11-19(17)18/h4-6,8-14,29H,3,7,15H2,1-2H3/b20-12-,29-25?. The van der Waals surface area contributed by atoms with Gasteiger partial charge in [0.05, 0.1) is 16.3 Å². The molecule has 0 aliphatic carbocycles. The summed E-state index contributed by atoms with van der Waals surface area (Å²) in [4.78, 5) is 16.9. The third-order valence-corrected chi connectivity index (χ3v) is 7.54. The van der Waals surface area contributed by atoms with Crippen molar-refractivity contribution in [3.05, 3.63) is 74.9 Å². The summed E-state index contributed by atoms with van der Waals surface area (Å²) in [6, 6.07) is 18.1. The summed E-state index contributed by atoms with van der Waals surface area (Å²) in [7, 11) is 1.59. The number of methoxy groups -OCH3 is 1. The number of amidine groups is 2. The van der Waals surface area contributed by atoms with Gasteiger partial charge in [-0.2, -0.15) is 15.1 Å². The zero-order valence-corrected chi connectivity index (χ0v) is 22.7. The lowest BCUT2D eigenvalue weighted by molar-refractivity contribution is -0.114. The molecule has 3 aromatic rings. The molecule has 9 heteroatoms. The van der Waals surface area contributed by atoms with Crippen LogP contribution in [-0.2, 0) is 11.4 Å². The van der Waals surface area contributed by atoms with Crippen LogP contribution in [0.3, 0.4) is 0 Å². The van der Waals surface area contributed by atoms with Gasteiger partial charge in [0, 0.05) is 0 Å². The number of thioether (sulfide) groups is 1. The number of ether oxygens (including phenoxy) is 2. The first-order valence-corrected chi connectivity index (χ1v) is 13.3. The Morgan fingerprint density at radius 3 is 2.78 bits per heavy atom. The van der Waals surface area contributed by atoms with Gasteiger partial charge in [-0.3, -0.25) is 10.2 Å². The molecular formula is C27H23IN4O3S. The van der Waals surface area contributed by atoms with Gasteiger partial charge >= 0.3 is 0 Å². The van der Waals surface area contributed by atoms with Gasteiger partial charge in [-0.25, -0.2) is 0 Å². The number of fused-ring (bicyclic) bond motifs is 2. The van der Waals surface area contributed by atoms with E-state index in [0.717, 1.165) is 37.8 Å². The summed E-state index contributed by atoms with van der Waals surface area (Å²) in [6.07, 6.45) is 3.38. The molecule has 0 aromatic heterocycles. The molecule has 0 saturated carbocycles. The molecule has 0 fully saturated rings. The molecule has 0 unspecified atom stereocenters. The van der Waals surface area contributed by atoms with E-state index in [1.54, 1.807) is 19.3 Å². The maximum absolute atomic E-state index is 12.7. The quantitative estimate of drug-likeness (QED) is 0.246. The summed E-state index contributed by atoms with van der Waals surface area (Å²) < 4.78 is 12.7. The minimum Gasteiger partial charge on any atom is -0.493 e. The number of carbonyl (C=O) groups excluding carboxylic acids is 1. The molecule has 36 heavy (non-hydrogen) atoms. The highest BCUT2D eigenvalue weighted by molar-refractivity contribution is 14.1. The Hall–Kier alpha value is -3.18. The first-order valence-electron chi connectivity index (χ1n) is 11.4. The average Bonchev–Trinajstić information content (AvgIpc) is 3.28. The Balaban J connectivity index is 1.42. The molecule has 1 amide bonds. The van der Waals surface area contributed by atoms with Crippen molar-refractivity contribution in [3.8, 4) is 11.5 Å². The molecule has 182 valence electrons. The van der Waals surface area contributed by atoms with Gasteiger partial charge in [0.2, 0.25) is 5.17 Å². The highest BCUT2D eigenvalue weighted by Gasteiger charge is 2.35. The predicted molar refractivity (Wildman–Crippen MR) is 154 cm³/mol. The molecule has 2 heterocycles. The fraction of sp³-hybridized carbons (Fsp3) is 0.185. The number of amides is 1. The van der Waals surface area contributed by atoms with Crippen LogP contribution in [-0.4, -0.2) is 34.1 Å². The topological polar surface area (TPSA) is 87.3 Å². The van der Waals surface area contributed by atoms with Crippen molar-refractivity contribution >= 4 is 73.2 Å². The van der Waals surface area contributed by atoms with Crippen molar-refractivity contribution in [1.29, 1.82) is 5.41 Å². The number of carbonyl (C=O) groups is 1. The van der Waals surface area contributed by atoms with Crippen LogP contribution in [0.5, 0.6) is 11.5 Å². The number of nitrogens with one attached hydrogen (secondary N) is 1. The van der Waals surface area contributed by atoms with Crippen molar-refractivity contribution < 1.29 is 14.3 Å². The monoisotopic (exact) mass is 610 g/mol. The van der Waals surface area contributed by atoms with Crippen LogP contribution >= 0.6 is 34.4 Å². The minimum atomic E-state index is -0.447. The van der Waals surface area contributed by atoms with E-state index in [9.17, 15) is 4.79 Å². The second-order valence-corrected chi connectivity index (χ2v) is 10.4. The second-order valence-electron chi connectivity index (χ2n) is 8.22. The Bertz CT molecular complexity index is 1480. The zero-order chi connectivity index (χ0) is 25.2. The second kappa shape index (κ2) is 10.4. The Labute approximate surface area is 226 Å². The molecule has 0 spiro atoms. The van der Waals surface area contributed by atoms with Crippen LogP contribution in [0.15, 0.2) is 70.3 Å². The zero-order valence-electron chi connectivity index (χ0n) is 19.7. The summed E-state index contributed by atoms with van der Waals surface area (Å²) >= 11 is 3.55. The third kappa shape index (κ3) is 4.77. The first kappa shape index (κ1) is 24.5. The van der Waals surface area contributed by atoms with Gasteiger partial charge in [-0.1, -0.05) is 49.4 Å². The Kier molecular flexibility index (Phi) is 7.10. The molecule has 7 nitrogen and oxygen atoms in total. The molecule has 2 aliphatic rings. The molecule has 0 atom stereocenters. The van der Waals surface area contributed by atoms with Crippen molar-refractivity contribution in [2.45, 2.75) is 26.4 Å². The minimum absolute atomic E-state index is 0.0221. The lowest BCUT2D eigenvalue weighted by Gasteiger charge is -2.20. The lowest BCUT2D eigenvalue weighted by atomic mass is 10.1. The van der Waals surface area contributed by atoms with Crippen LogP contribution in [0.2, 0.25) is 0 Å². The third-order valence-electron chi connectivity index (χ3n) is 5.77. The average molecular weight is 610 g/mol. The van der Waals surface area contributed by atoms with Crippen molar-refractivity contribution in [2.24, 2.45) is 10.1 Å². The molecule has 5 rings (SSSR count). The molecule has 0 radical (unpaired) electrons. The van der Waals surface area contributed by atoms with Gasteiger partial charge in [0.15, 0.2) is 17.3 Å². The number of hydrogen-bond donors (Lipinski definition) is 1. The summed E-state index contributed by atoms with van der Waals surface area (Å²) in [6.45, 7) is 2.45. The maximum atomic E-state index is 12.7. The Morgan fingerprint density at radius 1 is 1.17 bits per heavy atom. The molecule has 0 saturated heterocycles. The van der Waals surface area contributed by atoms with E-state index < -0.39 is 5.91 Å². The normalized spacial score (nSPS) is 16.3. The van der Waals surface area contributed by atoms with E-state index in [-0.39, 0.29) is 11.4 Å². The van der Waals surface area contributed by atoms with Gasteiger partial charge in [-0.15, -0.1) is 0 Å². The summed E-state index contributed by atoms with van der Waals surface area (Å²) in [5.74, 6) is 0.752. The summed E-state index contributed by atoms with van der Waals surface area (Å²) in [5.41, 5.74) is 1.98. The van der Waals surface area contributed by atoms with Gasteiger partial charge in [0.1, 0.15) is 11.7 Å². The van der Waals surface area contributed by atoms with Crippen LogP contribution in [0, 0.1) is 8.98 Å². The maximum Gasteiger partial charge on any atom is 0.283 e. The molecular weight excluding hydrogens is 587 g/mol. The molecule has 3 aromatic carbocycles. The molecule has 2 aliphatic heterocycles. The van der Waals surface area contributed by atoms with E-state index >= 15 is 0 Å². The van der Waals surface area contributed by atoms with Crippen molar-refractivity contribution in [2.75, 3.05) is 7.11 Å². The van der Waals surface area contributed by atoms with Crippen LogP contribution in [0.1, 0.15) is 30.9 Å². The Morgan fingerprint density at radius 2 is 1.97 bits per heavy atom. The molecule has 0 bridgehead atoms. The lowest BCUT2D eigenvalue weighted by Crippen LogP contribution is -2.35. The highest BCUT2D eigenvalue weighted by Crippen LogP contribution is 2.36. The van der Waals surface area contributed by atoms with E-state index in [0.29, 0.717) is 28.8 Å². The number of benzene rings is 3. The van der Waals surface area contributed by atoms with Gasteiger partial charge in [0.25, 0.3) is 5.91 Å². The number of rotatable bonds is 7. The highest BCUT2D eigenvalue weighted by atomic mass is 127. The fourth-order valence-electron chi connectivity index (χ4n) is 4.04. The smallest absolute Gasteiger partial charge is 0.283 e. The van der Waals surface area contributed by atoms with Gasteiger partial charge < -0.3 is 9.47 Å². The molecule has 1 N–H and O–H groups in total. The van der Waals surface area contributed by atoms with E-state index in [4.69, 9.17) is 14.9 Å². The van der Waals surface area contributed by atoms with Crippen LogP contribution < -0.4 is 9.47 Å². The number of nitrogens with zero attached hydrogens (tertiary/aromatic N) is 3. The first-order chi connectivity index (χ1) is 17.5. The predicted octanol–water partition coefficient (Wildman–Crippen LogP) is 6.45. The summed E-state index contributed by atoms with van der Waals surface area (Å²) in [5, 5.41) is 18.1. The van der Waals surface area contributed by atoms with Crippen molar-refractivity contribution in [1.82, 2.24) is 5.01 Å². The fourth-order valence-corrected chi connectivity index (χ4v) is 5.81. The van der Waals surface area contributed by atoms with E-state index in [1.807, 2.05) is 24.3 Å². The van der Waals surface area contributed by atoms with Gasteiger partial charge in [-0.05, 0) is 87.3 Å². The van der Waals surface area contributed by atoms with E-state index in [2.05, 4.69) is 63.9 Å². The largest absolute Gasteiger partial charge is 0.493 e. The van der Waals surface area contributed by atoms with E-state index in [1.165, 1.54) is 16.8 Å². The number of aliphatic imine (C=N–C) groups is 1. The number of hydrazone groups is 1. The van der Waals surface area contributed by atoms with Crippen LogP contribution in [0.4, 0.5) is 0 Å².